The van der Waals surface area contributed by atoms with Gasteiger partial charge in [-0.3, -0.25) is 9.36 Å². The maximum atomic E-state index is 11.8. The standard InChI is InChI=1S/C19H22N4O/c1-14(2)7-10-19(24)21-12-15-8-9-18(20-11-15)23-13-22-16-5-3-4-6-17(16)23/h3-6,8-9,11,13-14H,7,10,12H2,1-2H3,(H,21,24). The van der Waals surface area contributed by atoms with Crippen molar-refractivity contribution in [2.24, 2.45) is 5.92 Å². The van der Waals surface area contributed by atoms with Crippen molar-refractivity contribution >= 4 is 16.9 Å². The van der Waals surface area contributed by atoms with Crippen molar-refractivity contribution in [2.45, 2.75) is 33.2 Å². The van der Waals surface area contributed by atoms with Crippen molar-refractivity contribution in [3.05, 3.63) is 54.5 Å². The zero-order chi connectivity index (χ0) is 16.9. The van der Waals surface area contributed by atoms with E-state index in [1.165, 1.54) is 0 Å². The third-order valence-corrected chi connectivity index (χ3v) is 3.95. The number of pyridine rings is 1. The van der Waals surface area contributed by atoms with Crippen LogP contribution in [0.5, 0.6) is 0 Å². The van der Waals surface area contributed by atoms with Gasteiger partial charge in [0, 0.05) is 19.2 Å². The Morgan fingerprint density at radius 2 is 2.00 bits per heavy atom. The zero-order valence-electron chi connectivity index (χ0n) is 14.1. The van der Waals surface area contributed by atoms with Crippen LogP contribution >= 0.6 is 0 Å². The van der Waals surface area contributed by atoms with E-state index in [0.717, 1.165) is 28.8 Å². The average molecular weight is 322 g/mol. The number of benzene rings is 1. The Morgan fingerprint density at radius 3 is 2.75 bits per heavy atom. The van der Waals surface area contributed by atoms with E-state index in [4.69, 9.17) is 0 Å². The monoisotopic (exact) mass is 322 g/mol. The second-order valence-electron chi connectivity index (χ2n) is 6.34. The van der Waals surface area contributed by atoms with E-state index in [1.54, 1.807) is 12.5 Å². The maximum absolute atomic E-state index is 11.8. The lowest BCUT2D eigenvalue weighted by Crippen LogP contribution is -2.22. The van der Waals surface area contributed by atoms with Crippen LogP contribution in [-0.2, 0) is 11.3 Å². The van der Waals surface area contributed by atoms with Gasteiger partial charge in [-0.25, -0.2) is 9.97 Å². The second kappa shape index (κ2) is 7.25. The number of amides is 1. The van der Waals surface area contributed by atoms with E-state index < -0.39 is 0 Å². The van der Waals surface area contributed by atoms with E-state index in [9.17, 15) is 4.79 Å². The third kappa shape index (κ3) is 3.79. The zero-order valence-corrected chi connectivity index (χ0v) is 14.1. The molecule has 24 heavy (non-hydrogen) atoms. The third-order valence-electron chi connectivity index (χ3n) is 3.95. The highest BCUT2D eigenvalue weighted by molar-refractivity contribution is 5.77. The SMILES string of the molecule is CC(C)CCC(=O)NCc1ccc(-n2cnc3ccccc32)nc1. The molecule has 5 heteroatoms. The van der Waals surface area contributed by atoms with Gasteiger partial charge in [0.2, 0.25) is 5.91 Å². The van der Waals surface area contributed by atoms with E-state index in [1.807, 2.05) is 41.0 Å². The summed E-state index contributed by atoms with van der Waals surface area (Å²) in [5.41, 5.74) is 2.96. The topological polar surface area (TPSA) is 59.8 Å². The fraction of sp³-hybridized carbons (Fsp3) is 0.316. The first kappa shape index (κ1) is 16.2. The van der Waals surface area contributed by atoms with Crippen molar-refractivity contribution in [3.63, 3.8) is 0 Å². The molecule has 0 radical (unpaired) electrons. The Bertz CT molecular complexity index is 821. The number of carbonyl (C=O) groups is 1. The lowest BCUT2D eigenvalue weighted by Gasteiger charge is -2.08. The van der Waals surface area contributed by atoms with Gasteiger partial charge in [-0.2, -0.15) is 0 Å². The number of imidazole rings is 1. The van der Waals surface area contributed by atoms with Crippen LogP contribution in [0.25, 0.3) is 16.9 Å². The van der Waals surface area contributed by atoms with Gasteiger partial charge in [-0.15, -0.1) is 0 Å². The van der Waals surface area contributed by atoms with Gasteiger partial charge in [0.05, 0.1) is 11.0 Å². The summed E-state index contributed by atoms with van der Waals surface area (Å²) in [6, 6.07) is 11.9. The average Bonchev–Trinajstić information content (AvgIpc) is 3.02. The van der Waals surface area contributed by atoms with Crippen LogP contribution < -0.4 is 5.32 Å². The van der Waals surface area contributed by atoms with Crippen molar-refractivity contribution in [1.29, 1.82) is 0 Å². The molecule has 5 nitrogen and oxygen atoms in total. The summed E-state index contributed by atoms with van der Waals surface area (Å²) in [5.74, 6) is 1.45. The van der Waals surface area contributed by atoms with Crippen LogP contribution in [0.3, 0.4) is 0 Å². The van der Waals surface area contributed by atoms with Crippen LogP contribution in [0.15, 0.2) is 48.9 Å². The van der Waals surface area contributed by atoms with E-state index in [2.05, 4.69) is 29.1 Å². The first-order valence-electron chi connectivity index (χ1n) is 8.27. The summed E-state index contributed by atoms with van der Waals surface area (Å²) in [5, 5.41) is 2.94. The Balaban J connectivity index is 1.64. The molecule has 124 valence electrons. The molecule has 2 aromatic heterocycles. The van der Waals surface area contributed by atoms with Gasteiger partial charge in [-0.05, 0) is 36.1 Å². The molecule has 0 aliphatic rings. The van der Waals surface area contributed by atoms with Crippen LogP contribution in [0.4, 0.5) is 0 Å². The molecule has 0 aliphatic carbocycles. The molecule has 1 aromatic carbocycles. The predicted octanol–water partition coefficient (Wildman–Crippen LogP) is 3.47. The number of fused-ring (bicyclic) bond motifs is 1. The van der Waals surface area contributed by atoms with E-state index in [-0.39, 0.29) is 5.91 Å². The number of nitrogens with one attached hydrogen (secondary N) is 1. The summed E-state index contributed by atoms with van der Waals surface area (Å²) < 4.78 is 1.96. The highest BCUT2D eigenvalue weighted by Gasteiger charge is 2.06. The molecule has 0 unspecified atom stereocenters. The maximum Gasteiger partial charge on any atom is 0.220 e. The quantitative estimate of drug-likeness (QED) is 0.756. The molecule has 1 amide bonds. The largest absolute Gasteiger partial charge is 0.352 e. The molecule has 3 aromatic rings. The highest BCUT2D eigenvalue weighted by Crippen LogP contribution is 2.16. The van der Waals surface area contributed by atoms with Crippen LogP contribution in [-0.4, -0.2) is 20.4 Å². The number of aromatic nitrogens is 3. The van der Waals surface area contributed by atoms with Crippen molar-refractivity contribution in [3.8, 4) is 5.82 Å². The number of carbonyl (C=O) groups excluding carboxylic acids is 1. The van der Waals surface area contributed by atoms with Gasteiger partial charge in [0.1, 0.15) is 12.1 Å². The number of hydrogen-bond donors (Lipinski definition) is 1. The fourth-order valence-corrected chi connectivity index (χ4v) is 2.51. The number of hydrogen-bond acceptors (Lipinski definition) is 3. The molecule has 0 aliphatic heterocycles. The molecule has 0 saturated heterocycles. The Morgan fingerprint density at radius 1 is 1.17 bits per heavy atom. The van der Waals surface area contributed by atoms with Gasteiger partial charge in [-0.1, -0.05) is 32.0 Å². The molecule has 2 heterocycles. The summed E-state index contributed by atoms with van der Waals surface area (Å²) in [7, 11) is 0. The predicted molar refractivity (Wildman–Crippen MR) is 94.8 cm³/mol. The number of para-hydroxylation sites is 2. The minimum absolute atomic E-state index is 0.0911. The van der Waals surface area contributed by atoms with Gasteiger partial charge < -0.3 is 5.32 Å². The van der Waals surface area contributed by atoms with Gasteiger partial charge in [0.15, 0.2) is 0 Å². The van der Waals surface area contributed by atoms with E-state index >= 15 is 0 Å². The highest BCUT2D eigenvalue weighted by atomic mass is 16.1. The molecular formula is C19H22N4O. The molecule has 0 fully saturated rings. The lowest BCUT2D eigenvalue weighted by atomic mass is 10.1. The summed E-state index contributed by atoms with van der Waals surface area (Å²) in [6.07, 6.45) is 5.06. The van der Waals surface area contributed by atoms with Crippen molar-refractivity contribution < 1.29 is 4.79 Å². The number of rotatable bonds is 6. The van der Waals surface area contributed by atoms with Gasteiger partial charge in [0.25, 0.3) is 0 Å². The molecule has 0 atom stereocenters. The smallest absolute Gasteiger partial charge is 0.220 e. The van der Waals surface area contributed by atoms with Crippen LogP contribution in [0.2, 0.25) is 0 Å². The Labute approximate surface area is 141 Å². The molecular weight excluding hydrogens is 300 g/mol. The lowest BCUT2D eigenvalue weighted by molar-refractivity contribution is -0.121. The van der Waals surface area contributed by atoms with Gasteiger partial charge >= 0.3 is 0 Å². The summed E-state index contributed by atoms with van der Waals surface area (Å²) in [4.78, 5) is 20.6. The number of nitrogens with zero attached hydrogens (tertiary/aromatic N) is 3. The Hall–Kier alpha value is -2.69. The minimum Gasteiger partial charge on any atom is -0.352 e. The molecule has 3 rings (SSSR count). The first-order valence-corrected chi connectivity index (χ1v) is 8.27. The first-order chi connectivity index (χ1) is 11.6. The summed E-state index contributed by atoms with van der Waals surface area (Å²) in [6.45, 7) is 4.75. The molecule has 1 N–H and O–H groups in total. The van der Waals surface area contributed by atoms with Crippen LogP contribution in [0.1, 0.15) is 32.3 Å². The minimum atomic E-state index is 0.0911. The molecule has 0 bridgehead atoms. The normalized spacial score (nSPS) is 11.1. The van der Waals surface area contributed by atoms with Crippen molar-refractivity contribution in [2.75, 3.05) is 0 Å². The Kier molecular flexibility index (Phi) is 4.89. The molecule has 0 spiro atoms. The van der Waals surface area contributed by atoms with E-state index in [0.29, 0.717) is 18.9 Å². The second-order valence-corrected chi connectivity index (χ2v) is 6.34. The fourth-order valence-electron chi connectivity index (χ4n) is 2.51. The summed E-state index contributed by atoms with van der Waals surface area (Å²) >= 11 is 0. The van der Waals surface area contributed by atoms with Crippen molar-refractivity contribution in [1.82, 2.24) is 19.9 Å². The molecule has 0 saturated carbocycles. The van der Waals surface area contributed by atoms with Crippen LogP contribution in [0, 0.1) is 5.92 Å².